The minimum absolute atomic E-state index is 1.01. The van der Waals surface area contributed by atoms with Crippen LogP contribution in [-0.2, 0) is 0 Å². The predicted octanol–water partition coefficient (Wildman–Crippen LogP) is 5.14. The highest BCUT2D eigenvalue weighted by molar-refractivity contribution is 7.98. The zero-order valence-corrected chi connectivity index (χ0v) is 12.1. The molecule has 0 aliphatic carbocycles. The van der Waals surface area contributed by atoms with E-state index in [0.29, 0.717) is 0 Å². The first-order chi connectivity index (χ1) is 9.88. The van der Waals surface area contributed by atoms with Crippen molar-refractivity contribution in [3.63, 3.8) is 0 Å². The van der Waals surface area contributed by atoms with Gasteiger partial charge in [-0.1, -0.05) is 42.5 Å². The molecule has 98 valence electrons. The van der Waals surface area contributed by atoms with E-state index < -0.39 is 0 Å². The van der Waals surface area contributed by atoms with Crippen LogP contribution in [0.4, 0.5) is 0 Å². The van der Waals surface area contributed by atoms with Gasteiger partial charge < -0.3 is 0 Å². The molecular weight excluding hydrogens is 262 g/mol. The van der Waals surface area contributed by atoms with Crippen molar-refractivity contribution < 1.29 is 0 Å². The van der Waals surface area contributed by atoms with Crippen LogP contribution >= 0.6 is 11.8 Å². The van der Waals surface area contributed by atoms with Crippen molar-refractivity contribution in [2.75, 3.05) is 6.26 Å². The van der Waals surface area contributed by atoms with Gasteiger partial charge in [-0.25, -0.2) is 0 Å². The second kappa shape index (κ2) is 5.93. The van der Waals surface area contributed by atoms with Gasteiger partial charge in [0.05, 0.1) is 5.69 Å². The number of benzene rings is 2. The molecule has 1 nitrogen and oxygen atoms in total. The van der Waals surface area contributed by atoms with Gasteiger partial charge in [-0.05, 0) is 41.6 Å². The van der Waals surface area contributed by atoms with Gasteiger partial charge in [0, 0.05) is 16.7 Å². The number of hydrogen-bond acceptors (Lipinski definition) is 2. The van der Waals surface area contributed by atoms with Crippen LogP contribution in [-0.4, -0.2) is 11.2 Å². The van der Waals surface area contributed by atoms with Crippen molar-refractivity contribution in [1.29, 1.82) is 0 Å². The molecule has 3 aromatic rings. The summed E-state index contributed by atoms with van der Waals surface area (Å²) in [4.78, 5) is 5.75. The molecule has 2 heteroatoms. The Balaban J connectivity index is 2.20. The topological polar surface area (TPSA) is 12.9 Å². The van der Waals surface area contributed by atoms with E-state index in [4.69, 9.17) is 0 Å². The molecule has 0 unspecified atom stereocenters. The Labute approximate surface area is 123 Å². The number of rotatable bonds is 3. The molecule has 2 aromatic carbocycles. The Morgan fingerprint density at radius 2 is 1.60 bits per heavy atom. The summed E-state index contributed by atoms with van der Waals surface area (Å²) in [6.45, 7) is 0. The summed E-state index contributed by atoms with van der Waals surface area (Å²) in [6.07, 6.45) is 3.94. The largest absolute Gasteiger partial charge is 0.256 e. The SMILES string of the molecule is CSc1ccc(-c2ccccn2)c(-c2ccccc2)c1. The monoisotopic (exact) mass is 277 g/mol. The molecule has 0 atom stereocenters. The minimum atomic E-state index is 1.01. The lowest BCUT2D eigenvalue weighted by atomic mass is 9.97. The predicted molar refractivity (Wildman–Crippen MR) is 86.9 cm³/mol. The molecule has 0 N–H and O–H groups in total. The van der Waals surface area contributed by atoms with Gasteiger partial charge in [0.1, 0.15) is 0 Å². The number of thioether (sulfide) groups is 1. The Hall–Kier alpha value is -2.06. The summed E-state index contributed by atoms with van der Waals surface area (Å²) >= 11 is 1.76. The van der Waals surface area contributed by atoms with Crippen molar-refractivity contribution in [1.82, 2.24) is 4.98 Å². The van der Waals surface area contributed by atoms with Crippen LogP contribution in [0.1, 0.15) is 0 Å². The van der Waals surface area contributed by atoms with Crippen molar-refractivity contribution in [3.05, 3.63) is 72.9 Å². The lowest BCUT2D eigenvalue weighted by molar-refractivity contribution is 1.32. The van der Waals surface area contributed by atoms with Gasteiger partial charge in [0.15, 0.2) is 0 Å². The summed E-state index contributed by atoms with van der Waals surface area (Å²) in [5.74, 6) is 0. The highest BCUT2D eigenvalue weighted by Gasteiger charge is 2.09. The standard InChI is InChI=1S/C18H15NS/c1-20-15-10-11-16(18-9-5-6-12-19-18)17(13-15)14-7-3-2-4-8-14/h2-13H,1H3. The highest BCUT2D eigenvalue weighted by atomic mass is 32.2. The molecular formula is C18H15NS. The van der Waals surface area contributed by atoms with Crippen LogP contribution in [0.15, 0.2) is 77.8 Å². The number of pyridine rings is 1. The van der Waals surface area contributed by atoms with Crippen molar-refractivity contribution in [2.24, 2.45) is 0 Å². The van der Waals surface area contributed by atoms with Crippen molar-refractivity contribution in [2.45, 2.75) is 4.90 Å². The van der Waals surface area contributed by atoms with Crippen LogP contribution in [0, 0.1) is 0 Å². The first kappa shape index (κ1) is 12.9. The van der Waals surface area contributed by atoms with Crippen molar-refractivity contribution in [3.8, 4) is 22.4 Å². The van der Waals surface area contributed by atoms with Crippen LogP contribution < -0.4 is 0 Å². The van der Waals surface area contributed by atoms with Crippen LogP contribution in [0.2, 0.25) is 0 Å². The summed E-state index contributed by atoms with van der Waals surface area (Å²) in [7, 11) is 0. The fourth-order valence-corrected chi connectivity index (χ4v) is 2.69. The second-order valence-electron chi connectivity index (χ2n) is 4.49. The van der Waals surface area contributed by atoms with E-state index >= 15 is 0 Å². The quantitative estimate of drug-likeness (QED) is 0.615. The van der Waals surface area contributed by atoms with Crippen LogP contribution in [0.25, 0.3) is 22.4 Å². The maximum Gasteiger partial charge on any atom is 0.0708 e. The second-order valence-corrected chi connectivity index (χ2v) is 5.37. The zero-order chi connectivity index (χ0) is 13.8. The van der Waals surface area contributed by atoms with Gasteiger partial charge in [0.25, 0.3) is 0 Å². The van der Waals surface area contributed by atoms with E-state index in [9.17, 15) is 0 Å². The Kier molecular flexibility index (Phi) is 3.84. The highest BCUT2D eigenvalue weighted by Crippen LogP contribution is 2.33. The van der Waals surface area contributed by atoms with E-state index in [1.807, 2.05) is 24.4 Å². The maximum absolute atomic E-state index is 4.48. The maximum atomic E-state index is 4.48. The van der Waals surface area contributed by atoms with Gasteiger partial charge in [-0.2, -0.15) is 0 Å². The third kappa shape index (κ3) is 2.61. The third-order valence-corrected chi connectivity index (χ3v) is 3.98. The lowest BCUT2D eigenvalue weighted by Crippen LogP contribution is -1.88. The Morgan fingerprint density at radius 1 is 0.800 bits per heavy atom. The van der Waals surface area contributed by atoms with E-state index in [0.717, 1.165) is 5.69 Å². The molecule has 0 amide bonds. The first-order valence-electron chi connectivity index (χ1n) is 6.53. The normalized spacial score (nSPS) is 10.4. The van der Waals surface area contributed by atoms with Gasteiger partial charge in [0.2, 0.25) is 0 Å². The van der Waals surface area contributed by atoms with E-state index in [1.54, 1.807) is 11.8 Å². The average Bonchev–Trinajstić information content (AvgIpc) is 2.56. The summed E-state index contributed by atoms with van der Waals surface area (Å²) in [5.41, 5.74) is 4.65. The van der Waals surface area contributed by atoms with Crippen molar-refractivity contribution >= 4 is 11.8 Å². The fraction of sp³-hybridized carbons (Fsp3) is 0.0556. The van der Waals surface area contributed by atoms with E-state index in [1.165, 1.54) is 21.6 Å². The zero-order valence-electron chi connectivity index (χ0n) is 11.3. The molecule has 0 spiro atoms. The van der Waals surface area contributed by atoms with Gasteiger partial charge >= 0.3 is 0 Å². The van der Waals surface area contributed by atoms with Gasteiger partial charge in [-0.15, -0.1) is 11.8 Å². The molecule has 0 aliphatic heterocycles. The number of nitrogens with zero attached hydrogens (tertiary/aromatic N) is 1. The molecule has 3 rings (SSSR count). The molecule has 0 saturated heterocycles. The number of aromatic nitrogens is 1. The molecule has 0 radical (unpaired) electrons. The smallest absolute Gasteiger partial charge is 0.0708 e. The fourth-order valence-electron chi connectivity index (χ4n) is 2.25. The summed E-state index contributed by atoms with van der Waals surface area (Å²) < 4.78 is 0. The minimum Gasteiger partial charge on any atom is -0.256 e. The molecule has 0 aliphatic rings. The molecule has 0 fully saturated rings. The molecule has 20 heavy (non-hydrogen) atoms. The van der Waals surface area contributed by atoms with Crippen LogP contribution in [0.3, 0.4) is 0 Å². The van der Waals surface area contributed by atoms with Crippen LogP contribution in [0.5, 0.6) is 0 Å². The van der Waals surface area contributed by atoms with Gasteiger partial charge in [-0.3, -0.25) is 4.98 Å². The molecule has 0 bridgehead atoms. The molecule has 1 heterocycles. The summed E-state index contributed by atoms with van der Waals surface area (Å²) in [6, 6.07) is 23.1. The lowest BCUT2D eigenvalue weighted by Gasteiger charge is -2.11. The Morgan fingerprint density at radius 3 is 2.30 bits per heavy atom. The average molecular weight is 277 g/mol. The Bertz CT molecular complexity index is 693. The number of hydrogen-bond donors (Lipinski definition) is 0. The summed E-state index contributed by atoms with van der Waals surface area (Å²) in [5, 5.41) is 0. The molecule has 0 saturated carbocycles. The first-order valence-corrected chi connectivity index (χ1v) is 7.76. The van der Waals surface area contributed by atoms with E-state index in [2.05, 4.69) is 59.8 Å². The van der Waals surface area contributed by atoms with E-state index in [-0.39, 0.29) is 0 Å². The third-order valence-electron chi connectivity index (χ3n) is 3.25. The molecule has 1 aromatic heterocycles.